The van der Waals surface area contributed by atoms with E-state index >= 15 is 0 Å². The molecule has 0 bridgehead atoms. The third-order valence-corrected chi connectivity index (χ3v) is 3.37. The quantitative estimate of drug-likeness (QED) is 0.609. The molecule has 0 fully saturated rings. The van der Waals surface area contributed by atoms with Gasteiger partial charge in [-0.2, -0.15) is 12.7 Å². The van der Waals surface area contributed by atoms with Crippen molar-refractivity contribution < 1.29 is 8.42 Å². The van der Waals surface area contributed by atoms with Gasteiger partial charge in [-0.3, -0.25) is 0 Å². The van der Waals surface area contributed by atoms with E-state index in [-0.39, 0.29) is 6.54 Å². The molecule has 1 aromatic rings. The monoisotopic (exact) mass is 254 g/mol. The Morgan fingerprint density at radius 3 is 2.57 bits per heavy atom. The Kier molecular flexibility index (Phi) is 3.71. The number of halogens is 2. The Hall–Kier alpha value is -0.360. The van der Waals surface area contributed by atoms with Crippen LogP contribution in [-0.4, -0.2) is 24.8 Å². The van der Waals surface area contributed by atoms with Crippen LogP contribution in [-0.2, 0) is 15.8 Å². The number of hydrogen-bond donors (Lipinski definition) is 0. The first-order valence-corrected chi connectivity index (χ1v) is 6.30. The highest BCUT2D eigenvalue weighted by Gasteiger charge is 2.13. The molecule has 0 aliphatic heterocycles. The predicted octanol–water partition coefficient (Wildman–Crippen LogP) is 1.65. The lowest BCUT2D eigenvalue weighted by Gasteiger charge is -2.11. The van der Waals surface area contributed by atoms with E-state index in [0.29, 0.717) is 5.15 Å². The summed E-state index contributed by atoms with van der Waals surface area (Å²) >= 11 is 5.57. The maximum absolute atomic E-state index is 10.8. The van der Waals surface area contributed by atoms with Gasteiger partial charge in [0.05, 0.1) is 0 Å². The van der Waals surface area contributed by atoms with Crippen molar-refractivity contribution in [3.05, 3.63) is 29.0 Å². The van der Waals surface area contributed by atoms with Crippen molar-refractivity contribution in [1.29, 1.82) is 0 Å². The first-order valence-electron chi connectivity index (χ1n) is 3.66. The summed E-state index contributed by atoms with van der Waals surface area (Å²) in [5, 5.41) is 0.366. The number of nitrogens with zero attached hydrogens (tertiary/aromatic N) is 2. The minimum Gasteiger partial charge on any atom is -0.244 e. The van der Waals surface area contributed by atoms with Crippen LogP contribution in [0.1, 0.15) is 5.56 Å². The lowest BCUT2D eigenvalue weighted by molar-refractivity contribution is 0.480. The van der Waals surface area contributed by atoms with E-state index in [9.17, 15) is 8.42 Å². The summed E-state index contributed by atoms with van der Waals surface area (Å²) in [6, 6.07) is 3.28. The summed E-state index contributed by atoms with van der Waals surface area (Å²) in [4.78, 5) is 3.82. The largest absolute Gasteiger partial charge is 0.299 e. The first-order chi connectivity index (χ1) is 6.39. The molecule has 0 aromatic carbocycles. The highest BCUT2D eigenvalue weighted by Crippen LogP contribution is 2.11. The van der Waals surface area contributed by atoms with Crippen molar-refractivity contribution in [2.24, 2.45) is 0 Å². The van der Waals surface area contributed by atoms with Crippen molar-refractivity contribution in [3.63, 3.8) is 0 Å². The second kappa shape index (κ2) is 4.44. The second-order valence-corrected chi connectivity index (χ2v) is 5.69. The van der Waals surface area contributed by atoms with Crippen LogP contribution in [0.2, 0.25) is 5.15 Å². The molecule has 0 aliphatic carbocycles. The number of aromatic nitrogens is 1. The zero-order valence-electron chi connectivity index (χ0n) is 7.31. The summed E-state index contributed by atoms with van der Waals surface area (Å²) < 4.78 is 22.7. The molecule has 0 spiro atoms. The molecular formula is C7H8Cl2N2O2S. The first kappa shape index (κ1) is 11.7. The summed E-state index contributed by atoms with van der Waals surface area (Å²) in [7, 11) is 2.84. The summed E-state index contributed by atoms with van der Waals surface area (Å²) in [5.41, 5.74) is 0.723. The maximum Gasteiger partial charge on any atom is 0.299 e. The Morgan fingerprint density at radius 2 is 2.14 bits per heavy atom. The Labute approximate surface area is 92.0 Å². The van der Waals surface area contributed by atoms with Crippen molar-refractivity contribution in [3.8, 4) is 0 Å². The van der Waals surface area contributed by atoms with Crippen molar-refractivity contribution in [1.82, 2.24) is 9.29 Å². The Balaban J connectivity index is 2.75. The smallest absolute Gasteiger partial charge is 0.244 e. The van der Waals surface area contributed by atoms with Crippen LogP contribution in [0.15, 0.2) is 18.3 Å². The molecule has 4 nitrogen and oxygen atoms in total. The zero-order valence-corrected chi connectivity index (χ0v) is 9.64. The van der Waals surface area contributed by atoms with E-state index in [0.717, 1.165) is 9.87 Å². The van der Waals surface area contributed by atoms with Crippen LogP contribution in [0.5, 0.6) is 0 Å². The van der Waals surface area contributed by atoms with Gasteiger partial charge < -0.3 is 0 Å². The van der Waals surface area contributed by atoms with Crippen LogP contribution in [0, 0.1) is 0 Å². The summed E-state index contributed by atoms with van der Waals surface area (Å²) in [5.74, 6) is 0. The van der Waals surface area contributed by atoms with Crippen molar-refractivity contribution in [2.45, 2.75) is 6.54 Å². The van der Waals surface area contributed by atoms with Gasteiger partial charge in [-0.05, 0) is 11.6 Å². The van der Waals surface area contributed by atoms with Gasteiger partial charge in [-0.15, -0.1) is 0 Å². The van der Waals surface area contributed by atoms with E-state index in [1.165, 1.54) is 13.2 Å². The molecule has 14 heavy (non-hydrogen) atoms. The van der Waals surface area contributed by atoms with Gasteiger partial charge in [-0.1, -0.05) is 17.7 Å². The lowest BCUT2D eigenvalue weighted by atomic mass is 10.3. The fourth-order valence-electron chi connectivity index (χ4n) is 0.834. The van der Waals surface area contributed by atoms with Crippen LogP contribution < -0.4 is 0 Å². The average Bonchev–Trinajstić information content (AvgIpc) is 2.07. The third kappa shape index (κ3) is 3.42. The van der Waals surface area contributed by atoms with Gasteiger partial charge in [0.25, 0.3) is 9.24 Å². The molecule has 0 radical (unpaired) electrons. The highest BCUT2D eigenvalue weighted by molar-refractivity contribution is 8.11. The molecular weight excluding hydrogens is 247 g/mol. The fourth-order valence-corrected chi connectivity index (χ4v) is 1.40. The molecule has 7 heteroatoms. The maximum atomic E-state index is 10.8. The van der Waals surface area contributed by atoms with Crippen LogP contribution in [0.4, 0.5) is 0 Å². The Bertz CT molecular complexity index is 404. The molecule has 1 heterocycles. The molecule has 0 aliphatic rings. The highest BCUT2D eigenvalue weighted by atomic mass is 35.7. The van der Waals surface area contributed by atoms with Crippen molar-refractivity contribution in [2.75, 3.05) is 7.05 Å². The molecule has 0 unspecified atom stereocenters. The molecule has 78 valence electrons. The van der Waals surface area contributed by atoms with Gasteiger partial charge in [0.15, 0.2) is 0 Å². The third-order valence-electron chi connectivity index (χ3n) is 1.57. The number of rotatable bonds is 3. The van der Waals surface area contributed by atoms with Gasteiger partial charge in [0.1, 0.15) is 5.15 Å². The van der Waals surface area contributed by atoms with Crippen LogP contribution in [0.3, 0.4) is 0 Å². The standard InChI is InChI=1S/C7H8Cl2N2O2S/c1-11(14(9,12)13)5-6-2-3-7(8)10-4-6/h2-4H,5H2,1H3. The second-order valence-electron chi connectivity index (χ2n) is 2.69. The van der Waals surface area contributed by atoms with Crippen molar-refractivity contribution >= 4 is 31.5 Å². The van der Waals surface area contributed by atoms with Gasteiger partial charge in [0, 0.05) is 30.5 Å². The van der Waals surface area contributed by atoms with E-state index in [4.69, 9.17) is 22.3 Å². The minimum absolute atomic E-state index is 0.177. The van der Waals surface area contributed by atoms with E-state index in [2.05, 4.69) is 4.98 Å². The molecule has 0 atom stereocenters. The van der Waals surface area contributed by atoms with E-state index in [1.807, 2.05) is 0 Å². The number of hydrogen-bond acceptors (Lipinski definition) is 3. The fraction of sp³-hybridized carbons (Fsp3) is 0.286. The lowest BCUT2D eigenvalue weighted by Crippen LogP contribution is -2.21. The SMILES string of the molecule is CN(Cc1ccc(Cl)nc1)S(=O)(=O)Cl. The predicted molar refractivity (Wildman–Crippen MR) is 55.5 cm³/mol. The normalized spacial score (nSPS) is 12.0. The van der Waals surface area contributed by atoms with E-state index < -0.39 is 9.24 Å². The Morgan fingerprint density at radius 1 is 1.50 bits per heavy atom. The minimum atomic E-state index is -3.67. The van der Waals surface area contributed by atoms with Gasteiger partial charge in [0.2, 0.25) is 0 Å². The zero-order chi connectivity index (χ0) is 10.8. The molecule has 0 N–H and O–H groups in total. The molecule has 1 rings (SSSR count). The molecule has 0 amide bonds. The van der Waals surface area contributed by atoms with Gasteiger partial charge >= 0.3 is 0 Å². The summed E-state index contributed by atoms with van der Waals surface area (Å²) in [6.45, 7) is 0.177. The molecule has 1 aromatic heterocycles. The van der Waals surface area contributed by atoms with Crippen LogP contribution >= 0.6 is 22.3 Å². The average molecular weight is 255 g/mol. The van der Waals surface area contributed by atoms with Gasteiger partial charge in [-0.25, -0.2) is 4.98 Å². The van der Waals surface area contributed by atoms with Crippen LogP contribution in [0.25, 0.3) is 0 Å². The molecule has 0 saturated carbocycles. The van der Waals surface area contributed by atoms with E-state index in [1.54, 1.807) is 12.1 Å². The summed E-state index contributed by atoms with van der Waals surface area (Å²) in [6.07, 6.45) is 1.50. The molecule has 0 saturated heterocycles. The topological polar surface area (TPSA) is 50.3 Å². The number of pyridine rings is 1.